The van der Waals surface area contributed by atoms with Crippen LogP contribution in [0.4, 0.5) is 0 Å². The summed E-state index contributed by atoms with van der Waals surface area (Å²) in [6, 6.07) is 0. The van der Waals surface area contributed by atoms with Crippen LogP contribution in [0.3, 0.4) is 0 Å². The van der Waals surface area contributed by atoms with Crippen LogP contribution in [0.15, 0.2) is 0 Å². The fraction of sp³-hybridized carbons (Fsp3) is 1.00. The lowest BCUT2D eigenvalue weighted by Crippen LogP contribution is -1.99. The van der Waals surface area contributed by atoms with E-state index in [0.29, 0.717) is 0 Å². The van der Waals surface area contributed by atoms with E-state index in [1.165, 1.54) is 24.3 Å². The summed E-state index contributed by atoms with van der Waals surface area (Å²) in [5.74, 6) is 3.61. The highest BCUT2D eigenvalue weighted by molar-refractivity contribution is 7.99. The molecule has 1 heteroatoms. The van der Waals surface area contributed by atoms with Crippen LogP contribution in [-0.2, 0) is 0 Å². The maximum Gasteiger partial charge on any atom is -0.00394 e. The molecule has 56 valence electrons. The molecular formula is C8H18S. The Balaban J connectivity index is 3.09. The van der Waals surface area contributed by atoms with Crippen LogP contribution in [0.2, 0.25) is 0 Å². The first kappa shape index (κ1) is 9.35. The summed E-state index contributed by atoms with van der Waals surface area (Å²) in [7, 11) is 0. The molecule has 0 spiro atoms. The highest BCUT2D eigenvalue weighted by Crippen LogP contribution is 2.14. The Kier molecular flexibility index (Phi) is 6.72. The van der Waals surface area contributed by atoms with E-state index in [4.69, 9.17) is 0 Å². The van der Waals surface area contributed by atoms with Crippen LogP contribution in [0.5, 0.6) is 0 Å². The summed E-state index contributed by atoms with van der Waals surface area (Å²) < 4.78 is 0. The molecule has 0 atom stereocenters. The third kappa shape index (κ3) is 4.83. The van der Waals surface area contributed by atoms with Gasteiger partial charge in [-0.1, -0.05) is 33.6 Å². The second-order valence-corrected chi connectivity index (χ2v) is 3.66. The maximum absolute atomic E-state index is 2.28. The molecule has 9 heavy (non-hydrogen) atoms. The molecule has 0 heterocycles. The Labute approximate surface area is 63.4 Å². The van der Waals surface area contributed by atoms with Gasteiger partial charge in [0.15, 0.2) is 0 Å². The molecule has 0 aliphatic rings. The largest absolute Gasteiger partial charge is 0.162 e. The Morgan fingerprint density at radius 1 is 1.11 bits per heavy atom. The second kappa shape index (κ2) is 6.47. The fourth-order valence-electron chi connectivity index (χ4n) is 0.809. The molecule has 0 aliphatic heterocycles. The van der Waals surface area contributed by atoms with Crippen molar-refractivity contribution in [3.8, 4) is 0 Å². The van der Waals surface area contributed by atoms with E-state index < -0.39 is 0 Å². The van der Waals surface area contributed by atoms with E-state index in [1.54, 1.807) is 0 Å². The highest BCUT2D eigenvalue weighted by atomic mass is 32.2. The Hall–Kier alpha value is 0.350. The van der Waals surface area contributed by atoms with Crippen molar-refractivity contribution in [2.75, 3.05) is 11.5 Å². The van der Waals surface area contributed by atoms with Gasteiger partial charge in [-0.3, -0.25) is 0 Å². The van der Waals surface area contributed by atoms with Gasteiger partial charge in [0.1, 0.15) is 0 Å². The zero-order valence-corrected chi connectivity index (χ0v) is 7.63. The summed E-state index contributed by atoms with van der Waals surface area (Å²) in [5, 5.41) is 0. The summed E-state index contributed by atoms with van der Waals surface area (Å²) >= 11 is 2.07. The SMILES string of the molecule is CCSCC(CC)CC. The molecular weight excluding hydrogens is 128 g/mol. The molecule has 0 radical (unpaired) electrons. The summed E-state index contributed by atoms with van der Waals surface area (Å²) in [6.45, 7) is 6.79. The second-order valence-electron chi connectivity index (χ2n) is 2.34. The molecule has 0 amide bonds. The smallest absolute Gasteiger partial charge is 0.00394 e. The molecule has 0 saturated carbocycles. The van der Waals surface area contributed by atoms with Crippen molar-refractivity contribution >= 4 is 11.8 Å². The Morgan fingerprint density at radius 2 is 1.67 bits per heavy atom. The predicted molar refractivity (Wildman–Crippen MR) is 47.1 cm³/mol. The molecule has 0 nitrogen and oxygen atoms in total. The lowest BCUT2D eigenvalue weighted by atomic mass is 10.1. The molecule has 0 unspecified atom stereocenters. The normalized spacial score (nSPS) is 10.7. The van der Waals surface area contributed by atoms with Crippen molar-refractivity contribution in [2.45, 2.75) is 33.6 Å². The summed E-state index contributed by atoms with van der Waals surface area (Å²) in [4.78, 5) is 0. The molecule has 0 rings (SSSR count). The first-order valence-electron chi connectivity index (χ1n) is 3.92. The molecule has 0 saturated heterocycles. The van der Waals surface area contributed by atoms with Crippen molar-refractivity contribution in [2.24, 2.45) is 5.92 Å². The average molecular weight is 146 g/mol. The van der Waals surface area contributed by atoms with Gasteiger partial charge in [-0.15, -0.1) is 0 Å². The third-order valence-electron chi connectivity index (χ3n) is 1.71. The summed E-state index contributed by atoms with van der Waals surface area (Å²) in [5.41, 5.74) is 0. The van der Waals surface area contributed by atoms with Crippen molar-refractivity contribution in [1.29, 1.82) is 0 Å². The molecule has 0 N–H and O–H groups in total. The minimum atomic E-state index is 0.968. The van der Waals surface area contributed by atoms with Gasteiger partial charge in [0, 0.05) is 0 Å². The summed E-state index contributed by atoms with van der Waals surface area (Å²) in [6.07, 6.45) is 2.70. The predicted octanol–water partition coefficient (Wildman–Crippen LogP) is 3.18. The van der Waals surface area contributed by atoms with Gasteiger partial charge in [0.2, 0.25) is 0 Å². The minimum absolute atomic E-state index is 0.968. The minimum Gasteiger partial charge on any atom is -0.162 e. The van der Waals surface area contributed by atoms with E-state index in [1.807, 2.05) is 0 Å². The van der Waals surface area contributed by atoms with Crippen LogP contribution >= 0.6 is 11.8 Å². The van der Waals surface area contributed by atoms with Gasteiger partial charge in [-0.25, -0.2) is 0 Å². The average Bonchev–Trinajstić information content (AvgIpc) is 1.91. The molecule has 0 aromatic heterocycles. The zero-order chi connectivity index (χ0) is 7.11. The maximum atomic E-state index is 2.28. The van der Waals surface area contributed by atoms with E-state index in [2.05, 4.69) is 32.5 Å². The van der Waals surface area contributed by atoms with Crippen molar-refractivity contribution in [3.63, 3.8) is 0 Å². The van der Waals surface area contributed by atoms with Crippen LogP contribution in [0.1, 0.15) is 33.6 Å². The van der Waals surface area contributed by atoms with Crippen LogP contribution < -0.4 is 0 Å². The van der Waals surface area contributed by atoms with Gasteiger partial charge >= 0.3 is 0 Å². The highest BCUT2D eigenvalue weighted by Gasteiger charge is 2.00. The topological polar surface area (TPSA) is 0 Å². The zero-order valence-electron chi connectivity index (χ0n) is 6.81. The number of rotatable bonds is 5. The van der Waals surface area contributed by atoms with E-state index in [-0.39, 0.29) is 0 Å². The van der Waals surface area contributed by atoms with Gasteiger partial charge in [-0.05, 0) is 17.4 Å². The van der Waals surface area contributed by atoms with Gasteiger partial charge in [0.05, 0.1) is 0 Å². The molecule has 0 aromatic carbocycles. The Bertz CT molecular complexity index is 48.5. The van der Waals surface area contributed by atoms with Crippen molar-refractivity contribution < 1.29 is 0 Å². The fourth-order valence-corrected chi connectivity index (χ4v) is 1.85. The standard InChI is InChI=1S/C8H18S/c1-4-8(5-2)7-9-6-3/h8H,4-7H2,1-3H3. The molecule has 0 aromatic rings. The van der Waals surface area contributed by atoms with Gasteiger partial charge in [-0.2, -0.15) is 11.8 Å². The van der Waals surface area contributed by atoms with Crippen LogP contribution in [-0.4, -0.2) is 11.5 Å². The van der Waals surface area contributed by atoms with Gasteiger partial charge in [0.25, 0.3) is 0 Å². The Morgan fingerprint density at radius 3 is 2.00 bits per heavy atom. The third-order valence-corrected chi connectivity index (χ3v) is 2.83. The number of hydrogen-bond acceptors (Lipinski definition) is 1. The van der Waals surface area contributed by atoms with Crippen LogP contribution in [0, 0.1) is 5.92 Å². The lowest BCUT2D eigenvalue weighted by Gasteiger charge is -2.09. The number of thioether (sulfide) groups is 1. The van der Waals surface area contributed by atoms with Crippen LogP contribution in [0.25, 0.3) is 0 Å². The van der Waals surface area contributed by atoms with Gasteiger partial charge < -0.3 is 0 Å². The first-order valence-corrected chi connectivity index (χ1v) is 5.08. The first-order chi connectivity index (χ1) is 4.35. The van der Waals surface area contributed by atoms with E-state index in [0.717, 1.165) is 5.92 Å². The molecule has 0 fully saturated rings. The monoisotopic (exact) mass is 146 g/mol. The lowest BCUT2D eigenvalue weighted by molar-refractivity contribution is 0.554. The van der Waals surface area contributed by atoms with Crippen molar-refractivity contribution in [3.05, 3.63) is 0 Å². The van der Waals surface area contributed by atoms with E-state index in [9.17, 15) is 0 Å². The number of hydrogen-bond donors (Lipinski definition) is 0. The quantitative estimate of drug-likeness (QED) is 0.574. The van der Waals surface area contributed by atoms with Crippen molar-refractivity contribution in [1.82, 2.24) is 0 Å². The molecule has 0 aliphatic carbocycles. The molecule has 0 bridgehead atoms. The van der Waals surface area contributed by atoms with E-state index >= 15 is 0 Å².